The average Bonchev–Trinajstić information content (AvgIpc) is 3.11. The molecule has 1 fully saturated rings. The maximum absolute atomic E-state index is 12.8. The highest BCUT2D eigenvalue weighted by atomic mass is 79.9. The van der Waals surface area contributed by atoms with Crippen LogP contribution in [0.15, 0.2) is 40.2 Å². The van der Waals surface area contributed by atoms with Crippen LogP contribution in [0.1, 0.15) is 34.5 Å². The number of rotatable bonds is 3. The van der Waals surface area contributed by atoms with Crippen molar-refractivity contribution in [2.75, 3.05) is 11.9 Å². The maximum atomic E-state index is 12.8. The Morgan fingerprint density at radius 2 is 2.12 bits per heavy atom. The zero-order valence-corrected chi connectivity index (χ0v) is 15.8. The second kappa shape index (κ2) is 7.49. The topological polar surface area (TPSA) is 49.4 Å². The molecule has 1 aromatic heterocycles. The number of piperidine rings is 1. The summed E-state index contributed by atoms with van der Waals surface area (Å²) in [6.45, 7) is 2.63. The minimum atomic E-state index is -0.415. The van der Waals surface area contributed by atoms with Crippen LogP contribution in [0.25, 0.3) is 0 Å². The molecule has 1 N–H and O–H groups in total. The lowest BCUT2D eigenvalue weighted by atomic mass is 10.0. The summed E-state index contributed by atoms with van der Waals surface area (Å²) >= 11 is 4.90. The Bertz CT molecular complexity index is 745. The lowest BCUT2D eigenvalue weighted by molar-refractivity contribution is -0.121. The Hall–Kier alpha value is -1.66. The van der Waals surface area contributed by atoms with Crippen molar-refractivity contribution in [1.29, 1.82) is 0 Å². The first-order valence-electron chi connectivity index (χ1n) is 7.98. The molecular formula is C18H19BrN2O2S. The van der Waals surface area contributed by atoms with Gasteiger partial charge in [-0.25, -0.2) is 0 Å². The third-order valence-electron chi connectivity index (χ3n) is 4.18. The fraction of sp³-hybridized carbons (Fsp3) is 0.333. The van der Waals surface area contributed by atoms with Crippen LogP contribution in [-0.2, 0) is 4.79 Å². The highest BCUT2D eigenvalue weighted by Gasteiger charge is 2.33. The number of hydrogen-bond donors (Lipinski definition) is 1. The van der Waals surface area contributed by atoms with Crippen molar-refractivity contribution in [2.45, 2.75) is 32.2 Å². The lowest BCUT2D eigenvalue weighted by Gasteiger charge is -2.34. The fourth-order valence-corrected chi connectivity index (χ4v) is 4.20. The smallest absolute Gasteiger partial charge is 0.264 e. The van der Waals surface area contributed by atoms with Gasteiger partial charge in [0, 0.05) is 11.0 Å². The first kappa shape index (κ1) is 17.2. The Morgan fingerprint density at radius 3 is 2.83 bits per heavy atom. The molecule has 1 unspecified atom stereocenters. The Labute approximate surface area is 154 Å². The van der Waals surface area contributed by atoms with Crippen molar-refractivity contribution in [1.82, 2.24) is 4.90 Å². The third kappa shape index (κ3) is 3.70. The lowest BCUT2D eigenvalue weighted by Crippen LogP contribution is -2.49. The summed E-state index contributed by atoms with van der Waals surface area (Å²) < 4.78 is 0.850. The number of halogens is 1. The van der Waals surface area contributed by atoms with E-state index in [1.54, 1.807) is 4.90 Å². The zero-order valence-electron chi connectivity index (χ0n) is 13.4. The molecule has 1 aliphatic heterocycles. The summed E-state index contributed by atoms with van der Waals surface area (Å²) in [5, 5.41) is 4.85. The van der Waals surface area contributed by atoms with Gasteiger partial charge in [0.15, 0.2) is 0 Å². The third-order valence-corrected chi connectivity index (χ3v) is 5.69. The van der Waals surface area contributed by atoms with Crippen LogP contribution in [0.2, 0.25) is 0 Å². The van der Waals surface area contributed by atoms with Crippen molar-refractivity contribution >= 4 is 44.8 Å². The Kier molecular flexibility index (Phi) is 5.36. The molecule has 1 atom stereocenters. The molecule has 1 aliphatic rings. The normalized spacial score (nSPS) is 17.6. The van der Waals surface area contributed by atoms with Gasteiger partial charge >= 0.3 is 0 Å². The largest absolute Gasteiger partial charge is 0.326 e. The van der Waals surface area contributed by atoms with Gasteiger partial charge in [0.2, 0.25) is 5.91 Å². The number of anilines is 1. The minimum Gasteiger partial charge on any atom is -0.326 e. The van der Waals surface area contributed by atoms with E-state index in [-0.39, 0.29) is 11.8 Å². The van der Waals surface area contributed by atoms with Gasteiger partial charge < -0.3 is 10.2 Å². The van der Waals surface area contributed by atoms with Gasteiger partial charge in [-0.1, -0.05) is 12.1 Å². The number of hydrogen-bond acceptors (Lipinski definition) is 3. The molecule has 2 heterocycles. The number of likely N-dealkylation sites (tertiary alicyclic amines) is 1. The van der Waals surface area contributed by atoms with Gasteiger partial charge in [0.1, 0.15) is 6.04 Å². The van der Waals surface area contributed by atoms with E-state index in [9.17, 15) is 9.59 Å². The molecule has 4 nitrogen and oxygen atoms in total. The van der Waals surface area contributed by atoms with Crippen molar-refractivity contribution in [3.8, 4) is 0 Å². The number of thiophene rings is 1. The summed E-state index contributed by atoms with van der Waals surface area (Å²) in [5.41, 5.74) is 1.85. The van der Waals surface area contributed by atoms with E-state index in [1.807, 2.05) is 42.6 Å². The van der Waals surface area contributed by atoms with Crippen molar-refractivity contribution in [2.24, 2.45) is 0 Å². The molecular weight excluding hydrogens is 388 g/mol. The van der Waals surface area contributed by atoms with Crippen molar-refractivity contribution in [3.05, 3.63) is 50.6 Å². The molecule has 0 bridgehead atoms. The van der Waals surface area contributed by atoms with Crippen molar-refractivity contribution in [3.63, 3.8) is 0 Å². The Balaban J connectivity index is 1.77. The van der Waals surface area contributed by atoms with E-state index in [0.717, 1.165) is 28.6 Å². The van der Waals surface area contributed by atoms with Crippen LogP contribution in [0.5, 0.6) is 0 Å². The van der Waals surface area contributed by atoms with Gasteiger partial charge in [0.05, 0.1) is 10.6 Å². The summed E-state index contributed by atoms with van der Waals surface area (Å²) in [4.78, 5) is 27.9. The monoisotopic (exact) mass is 406 g/mol. The molecule has 0 saturated carbocycles. The number of aryl methyl sites for hydroxylation is 1. The van der Waals surface area contributed by atoms with E-state index in [1.165, 1.54) is 11.3 Å². The fourth-order valence-electron chi connectivity index (χ4n) is 2.93. The molecule has 126 valence electrons. The number of carbonyl (C=O) groups is 2. The summed E-state index contributed by atoms with van der Waals surface area (Å²) in [7, 11) is 0. The van der Waals surface area contributed by atoms with E-state index in [0.29, 0.717) is 17.8 Å². The summed E-state index contributed by atoms with van der Waals surface area (Å²) in [6, 6.07) is 9.06. The number of amides is 2. The molecule has 24 heavy (non-hydrogen) atoms. The van der Waals surface area contributed by atoms with Gasteiger partial charge in [-0.15, -0.1) is 11.3 Å². The molecule has 1 saturated heterocycles. The van der Waals surface area contributed by atoms with Crippen LogP contribution in [0.3, 0.4) is 0 Å². The molecule has 0 radical (unpaired) electrons. The summed E-state index contributed by atoms with van der Waals surface area (Å²) in [5.74, 6) is -0.169. The highest BCUT2D eigenvalue weighted by molar-refractivity contribution is 9.10. The molecule has 1 aromatic carbocycles. The van der Waals surface area contributed by atoms with Gasteiger partial charge in [-0.3, -0.25) is 9.59 Å². The summed E-state index contributed by atoms with van der Waals surface area (Å²) in [6.07, 6.45) is 2.60. The second-order valence-corrected chi connectivity index (χ2v) is 7.76. The first-order chi connectivity index (χ1) is 11.6. The van der Waals surface area contributed by atoms with Crippen LogP contribution < -0.4 is 5.32 Å². The second-order valence-electron chi connectivity index (χ2n) is 5.96. The molecule has 6 heteroatoms. The average molecular weight is 407 g/mol. The number of nitrogens with one attached hydrogen (secondary N) is 1. The first-order valence-corrected chi connectivity index (χ1v) is 9.65. The molecule has 2 amide bonds. The standard InChI is InChI=1S/C18H19BrN2O2S/c1-12-7-8-14(13(19)11-12)20-17(22)15-5-2-3-9-21(15)18(23)16-6-4-10-24-16/h4,6-8,10-11,15H,2-3,5,9H2,1H3,(H,20,22). The maximum Gasteiger partial charge on any atom is 0.264 e. The van der Waals surface area contributed by atoms with E-state index < -0.39 is 6.04 Å². The van der Waals surface area contributed by atoms with Crippen LogP contribution in [0.4, 0.5) is 5.69 Å². The van der Waals surface area contributed by atoms with Gasteiger partial charge in [-0.2, -0.15) is 0 Å². The predicted octanol–water partition coefficient (Wildman–Crippen LogP) is 4.45. The van der Waals surface area contributed by atoms with E-state index in [4.69, 9.17) is 0 Å². The zero-order chi connectivity index (χ0) is 17.1. The highest BCUT2D eigenvalue weighted by Crippen LogP contribution is 2.26. The number of carbonyl (C=O) groups excluding carboxylic acids is 2. The van der Waals surface area contributed by atoms with Crippen LogP contribution in [0, 0.1) is 6.92 Å². The van der Waals surface area contributed by atoms with Gasteiger partial charge in [0.25, 0.3) is 5.91 Å². The van der Waals surface area contributed by atoms with Crippen LogP contribution >= 0.6 is 27.3 Å². The number of nitrogens with zero attached hydrogens (tertiary/aromatic N) is 1. The van der Waals surface area contributed by atoms with Crippen LogP contribution in [-0.4, -0.2) is 29.3 Å². The molecule has 3 rings (SSSR count). The Morgan fingerprint density at radius 1 is 1.29 bits per heavy atom. The number of benzene rings is 1. The van der Waals surface area contributed by atoms with E-state index in [2.05, 4.69) is 21.2 Å². The minimum absolute atomic E-state index is 0.0483. The quantitative estimate of drug-likeness (QED) is 0.817. The molecule has 2 aromatic rings. The predicted molar refractivity (Wildman–Crippen MR) is 101 cm³/mol. The molecule has 0 aliphatic carbocycles. The van der Waals surface area contributed by atoms with E-state index >= 15 is 0 Å². The molecule has 0 spiro atoms. The van der Waals surface area contributed by atoms with Crippen molar-refractivity contribution < 1.29 is 9.59 Å². The van der Waals surface area contributed by atoms with Gasteiger partial charge in [-0.05, 0) is 71.3 Å². The SMILES string of the molecule is Cc1ccc(NC(=O)C2CCCCN2C(=O)c2cccs2)c(Br)c1.